The molecule has 0 aliphatic heterocycles. The van der Waals surface area contributed by atoms with Gasteiger partial charge in [0.1, 0.15) is 11.5 Å². The van der Waals surface area contributed by atoms with Gasteiger partial charge in [-0.1, -0.05) is 20.8 Å². The minimum Gasteiger partial charge on any atom is -0.465 e. The van der Waals surface area contributed by atoms with Crippen LogP contribution >= 0.6 is 0 Å². The number of furan rings is 1. The highest BCUT2D eigenvalue weighted by molar-refractivity contribution is 6.05. The van der Waals surface area contributed by atoms with Gasteiger partial charge < -0.3 is 14.2 Å². The van der Waals surface area contributed by atoms with E-state index in [0.717, 1.165) is 5.76 Å². The van der Waals surface area contributed by atoms with Crippen LogP contribution in [-0.4, -0.2) is 10.9 Å². The van der Waals surface area contributed by atoms with Crippen LogP contribution in [0.5, 0.6) is 0 Å². The summed E-state index contributed by atoms with van der Waals surface area (Å²) >= 11 is 0. The number of carbonyl (C=O) groups is 1. The molecule has 0 bridgehead atoms. The monoisotopic (exact) mass is 314 g/mol. The Morgan fingerprint density at radius 3 is 2.57 bits per heavy atom. The topological polar surface area (TPSA) is 88.2 Å². The number of fused-ring (bicyclic) bond motifs is 1. The van der Waals surface area contributed by atoms with Crippen molar-refractivity contribution in [2.75, 3.05) is 5.32 Å². The van der Waals surface area contributed by atoms with Crippen molar-refractivity contribution in [2.45, 2.75) is 33.1 Å². The Hall–Kier alpha value is -2.76. The summed E-state index contributed by atoms with van der Waals surface area (Å²) in [6.45, 7) is 7.84. The van der Waals surface area contributed by atoms with E-state index >= 15 is 0 Å². The Bertz CT molecular complexity index is 938. The number of carbonyl (C=O) groups excluding carboxylic acids is 1. The van der Waals surface area contributed by atoms with Crippen LogP contribution in [0.15, 0.2) is 37.9 Å². The molecule has 0 unspecified atom stereocenters. The maximum Gasteiger partial charge on any atom is 0.417 e. The van der Waals surface area contributed by atoms with Crippen molar-refractivity contribution in [3.63, 3.8) is 0 Å². The molecule has 23 heavy (non-hydrogen) atoms. The largest absolute Gasteiger partial charge is 0.465 e. The average Bonchev–Trinajstić information content (AvgIpc) is 2.99. The Morgan fingerprint density at radius 1 is 1.17 bits per heavy atom. The molecular formula is C17H18N2O4. The number of hydrogen-bond donors (Lipinski definition) is 2. The number of aromatic nitrogens is 1. The average molecular weight is 314 g/mol. The predicted octanol–water partition coefficient (Wildman–Crippen LogP) is 3.57. The highest BCUT2D eigenvalue weighted by Gasteiger charge is 2.23. The lowest BCUT2D eigenvalue weighted by atomic mass is 9.93. The van der Waals surface area contributed by atoms with Crippen LogP contribution in [0.2, 0.25) is 0 Å². The number of nitrogens with one attached hydrogen (secondary N) is 2. The van der Waals surface area contributed by atoms with Gasteiger partial charge in [0.25, 0.3) is 5.91 Å². The lowest BCUT2D eigenvalue weighted by molar-refractivity contribution is 0.102. The molecule has 0 atom stereocenters. The highest BCUT2D eigenvalue weighted by Crippen LogP contribution is 2.27. The molecule has 3 aromatic rings. The summed E-state index contributed by atoms with van der Waals surface area (Å²) in [4.78, 5) is 26.2. The summed E-state index contributed by atoms with van der Waals surface area (Å²) in [5.74, 6) is 0.552. The van der Waals surface area contributed by atoms with Gasteiger partial charge in [-0.15, -0.1) is 0 Å². The fourth-order valence-corrected chi connectivity index (χ4v) is 2.31. The molecule has 2 aromatic heterocycles. The number of aryl methyl sites for hydroxylation is 1. The van der Waals surface area contributed by atoms with Gasteiger partial charge in [-0.25, -0.2) is 4.79 Å². The Balaban J connectivity index is 1.88. The Morgan fingerprint density at radius 2 is 1.91 bits per heavy atom. The van der Waals surface area contributed by atoms with Gasteiger partial charge in [-0.05, 0) is 31.2 Å². The summed E-state index contributed by atoms with van der Waals surface area (Å²) in [6, 6.07) is 6.73. The molecule has 6 nitrogen and oxygen atoms in total. The number of H-pyrrole nitrogens is 1. The van der Waals surface area contributed by atoms with Crippen molar-refractivity contribution in [2.24, 2.45) is 0 Å². The standard InChI is InChI=1S/C17H18N2O4/c1-9-11(8-14(22-9)17(2,3)4)15(20)18-10-5-6-13-12(7-10)19-16(21)23-13/h5-8H,1-4H3,(H,18,20)(H,19,21). The molecule has 0 aliphatic carbocycles. The van der Waals surface area contributed by atoms with Crippen molar-refractivity contribution in [3.05, 3.63) is 51.9 Å². The third-order valence-electron chi connectivity index (χ3n) is 3.58. The zero-order valence-electron chi connectivity index (χ0n) is 13.4. The van der Waals surface area contributed by atoms with E-state index < -0.39 is 5.76 Å². The first-order chi connectivity index (χ1) is 10.7. The second kappa shape index (κ2) is 5.15. The molecule has 2 heterocycles. The summed E-state index contributed by atoms with van der Waals surface area (Å²) in [6.07, 6.45) is 0. The van der Waals surface area contributed by atoms with Gasteiger partial charge in [0, 0.05) is 11.1 Å². The minimum atomic E-state index is -0.524. The van der Waals surface area contributed by atoms with Gasteiger partial charge >= 0.3 is 5.76 Å². The second-order valence-electron chi connectivity index (χ2n) is 6.51. The smallest absolute Gasteiger partial charge is 0.417 e. The molecule has 1 amide bonds. The minimum absolute atomic E-state index is 0.168. The predicted molar refractivity (Wildman–Crippen MR) is 86.9 cm³/mol. The molecule has 6 heteroatoms. The van der Waals surface area contributed by atoms with Gasteiger partial charge in [0.05, 0.1) is 11.1 Å². The maximum absolute atomic E-state index is 12.5. The summed E-state index contributed by atoms with van der Waals surface area (Å²) in [5.41, 5.74) is 1.88. The van der Waals surface area contributed by atoms with E-state index in [2.05, 4.69) is 10.3 Å². The fourth-order valence-electron chi connectivity index (χ4n) is 2.31. The molecule has 120 valence electrons. The third-order valence-corrected chi connectivity index (χ3v) is 3.58. The maximum atomic E-state index is 12.5. The summed E-state index contributed by atoms with van der Waals surface area (Å²) < 4.78 is 10.6. The quantitative estimate of drug-likeness (QED) is 0.757. The number of hydrogen-bond acceptors (Lipinski definition) is 4. The van der Waals surface area contributed by atoms with E-state index in [4.69, 9.17) is 8.83 Å². The molecule has 2 N–H and O–H groups in total. The van der Waals surface area contributed by atoms with Crippen LogP contribution < -0.4 is 11.1 Å². The number of amides is 1. The number of aromatic amines is 1. The van der Waals surface area contributed by atoms with Crippen LogP contribution in [-0.2, 0) is 5.41 Å². The first-order valence-electron chi connectivity index (χ1n) is 7.29. The molecule has 0 radical (unpaired) electrons. The van der Waals surface area contributed by atoms with Crippen LogP contribution in [0.4, 0.5) is 5.69 Å². The van der Waals surface area contributed by atoms with Crippen molar-refractivity contribution in [1.82, 2.24) is 4.98 Å². The normalized spacial score (nSPS) is 11.8. The van der Waals surface area contributed by atoms with E-state index in [0.29, 0.717) is 28.1 Å². The third kappa shape index (κ3) is 2.92. The fraction of sp³-hybridized carbons (Fsp3) is 0.294. The molecule has 0 saturated heterocycles. The summed E-state index contributed by atoms with van der Waals surface area (Å²) in [5, 5.41) is 2.80. The van der Waals surface area contributed by atoms with Crippen molar-refractivity contribution in [1.29, 1.82) is 0 Å². The number of oxazole rings is 1. The van der Waals surface area contributed by atoms with Crippen LogP contribution in [0.3, 0.4) is 0 Å². The number of rotatable bonds is 2. The molecule has 3 rings (SSSR count). The van der Waals surface area contributed by atoms with Gasteiger partial charge in [-0.3, -0.25) is 9.78 Å². The highest BCUT2D eigenvalue weighted by atomic mass is 16.4. The molecular weight excluding hydrogens is 296 g/mol. The number of benzene rings is 1. The van der Waals surface area contributed by atoms with Crippen molar-refractivity contribution < 1.29 is 13.6 Å². The number of anilines is 1. The molecule has 0 saturated carbocycles. The summed E-state index contributed by atoms with van der Waals surface area (Å²) in [7, 11) is 0. The van der Waals surface area contributed by atoms with Gasteiger partial charge in [-0.2, -0.15) is 0 Å². The van der Waals surface area contributed by atoms with E-state index in [1.807, 2.05) is 20.8 Å². The molecule has 0 fully saturated rings. The molecule has 1 aromatic carbocycles. The zero-order valence-corrected chi connectivity index (χ0v) is 13.4. The van der Waals surface area contributed by atoms with E-state index in [1.165, 1.54) is 0 Å². The zero-order chi connectivity index (χ0) is 16.8. The SMILES string of the molecule is Cc1oc(C(C)(C)C)cc1C(=O)Nc1ccc2oc(=O)[nH]c2c1. The van der Waals surface area contributed by atoms with Gasteiger partial charge in [0.2, 0.25) is 0 Å². The van der Waals surface area contributed by atoms with E-state index in [1.54, 1.807) is 31.2 Å². The molecule has 0 aliphatic rings. The van der Waals surface area contributed by atoms with E-state index in [-0.39, 0.29) is 11.3 Å². The first kappa shape index (κ1) is 15.1. The molecule has 0 spiro atoms. The first-order valence-corrected chi connectivity index (χ1v) is 7.29. The van der Waals surface area contributed by atoms with Crippen LogP contribution in [0, 0.1) is 6.92 Å². The Labute approximate surface area is 132 Å². The van der Waals surface area contributed by atoms with Crippen molar-refractivity contribution >= 4 is 22.7 Å². The Kier molecular flexibility index (Phi) is 3.39. The lowest BCUT2D eigenvalue weighted by Crippen LogP contribution is -2.13. The van der Waals surface area contributed by atoms with E-state index in [9.17, 15) is 9.59 Å². The van der Waals surface area contributed by atoms with Gasteiger partial charge in [0.15, 0.2) is 5.58 Å². The van der Waals surface area contributed by atoms with Crippen LogP contribution in [0.25, 0.3) is 11.1 Å². The lowest BCUT2D eigenvalue weighted by Gasteiger charge is -2.13. The second-order valence-corrected chi connectivity index (χ2v) is 6.51. The van der Waals surface area contributed by atoms with Crippen LogP contribution in [0.1, 0.15) is 42.6 Å². The van der Waals surface area contributed by atoms with Crippen molar-refractivity contribution in [3.8, 4) is 0 Å².